The zero-order chi connectivity index (χ0) is 10.3. The first-order valence-electron chi connectivity index (χ1n) is 4.56. The molecule has 0 amide bonds. The third-order valence-electron chi connectivity index (χ3n) is 2.30. The number of rotatable bonds is 1. The van der Waals surface area contributed by atoms with Gasteiger partial charge in [-0.15, -0.1) is 0 Å². The first-order valence-corrected chi connectivity index (χ1v) is 4.56. The molecule has 0 fully saturated rings. The van der Waals surface area contributed by atoms with Gasteiger partial charge in [-0.3, -0.25) is 5.10 Å². The van der Waals surface area contributed by atoms with E-state index in [1.807, 2.05) is 18.3 Å². The van der Waals surface area contributed by atoms with Crippen molar-refractivity contribution in [1.82, 2.24) is 20.2 Å². The summed E-state index contributed by atoms with van der Waals surface area (Å²) in [7, 11) is 5.66. The fourth-order valence-corrected chi connectivity index (χ4v) is 1.59. The Labute approximate surface area is 87.1 Å². The molecule has 0 aliphatic heterocycles. The van der Waals surface area contributed by atoms with E-state index in [1.54, 1.807) is 12.4 Å². The van der Waals surface area contributed by atoms with Gasteiger partial charge in [-0.1, -0.05) is 11.5 Å². The molecule has 3 heterocycles. The van der Waals surface area contributed by atoms with E-state index in [1.165, 1.54) is 0 Å². The molecule has 0 spiro atoms. The Kier molecular flexibility index (Phi) is 1.65. The summed E-state index contributed by atoms with van der Waals surface area (Å²) in [5, 5.41) is 7.67. The highest BCUT2D eigenvalue weighted by Crippen LogP contribution is 2.20. The Balaban J connectivity index is 2.22. The summed E-state index contributed by atoms with van der Waals surface area (Å²) in [5.41, 5.74) is 3.49. The van der Waals surface area contributed by atoms with Gasteiger partial charge in [0.15, 0.2) is 0 Å². The normalized spacial score (nSPS) is 10.9. The van der Waals surface area contributed by atoms with Crippen molar-refractivity contribution < 1.29 is 0 Å². The van der Waals surface area contributed by atoms with Crippen LogP contribution in [-0.4, -0.2) is 28.0 Å². The first-order chi connectivity index (χ1) is 7.33. The fraction of sp³-hybridized carbons (Fsp3) is 0. The molecule has 3 aromatic heterocycles. The van der Waals surface area contributed by atoms with Crippen LogP contribution in [-0.2, 0) is 0 Å². The number of aromatic nitrogens is 4. The number of aromatic amines is 2. The monoisotopic (exact) mass is 194 g/mol. The Morgan fingerprint density at radius 1 is 1.20 bits per heavy atom. The topological polar surface area (TPSA) is 57.4 Å². The van der Waals surface area contributed by atoms with E-state index in [2.05, 4.69) is 20.2 Å². The van der Waals surface area contributed by atoms with E-state index in [-0.39, 0.29) is 0 Å². The maximum Gasteiger partial charge on any atom is 0.137 e. The molecule has 0 saturated carbocycles. The number of hydrogen-bond acceptors (Lipinski definition) is 2. The number of nitrogens with zero attached hydrogens (tertiary/aromatic N) is 2. The minimum absolute atomic E-state index is 0.667. The van der Waals surface area contributed by atoms with Gasteiger partial charge in [0.05, 0.1) is 11.9 Å². The number of pyridine rings is 1. The first kappa shape index (κ1) is 8.29. The Bertz CT molecular complexity index is 597. The lowest BCUT2D eigenvalue weighted by Crippen LogP contribution is -2.01. The van der Waals surface area contributed by atoms with E-state index in [0.29, 0.717) is 5.46 Å². The molecule has 5 heteroatoms. The number of H-pyrrole nitrogens is 2. The molecule has 0 atom stereocenters. The third kappa shape index (κ3) is 1.32. The summed E-state index contributed by atoms with van der Waals surface area (Å²) in [5.74, 6) is 0. The molecule has 0 bridgehead atoms. The van der Waals surface area contributed by atoms with Gasteiger partial charge in [0.2, 0.25) is 0 Å². The van der Waals surface area contributed by atoms with Crippen molar-refractivity contribution in [2.45, 2.75) is 0 Å². The van der Waals surface area contributed by atoms with Crippen LogP contribution in [0.1, 0.15) is 0 Å². The van der Waals surface area contributed by atoms with Gasteiger partial charge in [0.1, 0.15) is 13.5 Å². The van der Waals surface area contributed by atoms with E-state index >= 15 is 0 Å². The van der Waals surface area contributed by atoms with Crippen molar-refractivity contribution in [3.05, 3.63) is 30.7 Å². The maximum atomic E-state index is 5.66. The quantitative estimate of drug-likeness (QED) is 0.561. The summed E-state index contributed by atoms with van der Waals surface area (Å²) in [6.07, 6.45) is 5.22. The molecule has 3 rings (SSSR count). The van der Waals surface area contributed by atoms with Crippen LogP contribution < -0.4 is 5.46 Å². The Morgan fingerprint density at radius 2 is 2.13 bits per heavy atom. The van der Waals surface area contributed by atoms with Crippen LogP contribution in [0.5, 0.6) is 0 Å². The van der Waals surface area contributed by atoms with Gasteiger partial charge >= 0.3 is 0 Å². The standard InChI is InChI=1S/C10H7BN4/c11-8-1-6-2-9(7-3-13-14-4-7)15-10(6)12-5-8/h1-5H,(H,12,15)(H,13,14). The molecule has 3 aromatic rings. The van der Waals surface area contributed by atoms with Crippen molar-refractivity contribution in [3.8, 4) is 11.3 Å². The van der Waals surface area contributed by atoms with Crippen LogP contribution in [0, 0.1) is 0 Å². The molecular formula is C10H7BN4. The van der Waals surface area contributed by atoms with E-state index in [0.717, 1.165) is 22.3 Å². The van der Waals surface area contributed by atoms with Crippen molar-refractivity contribution in [2.24, 2.45) is 0 Å². The average molecular weight is 194 g/mol. The molecule has 15 heavy (non-hydrogen) atoms. The summed E-state index contributed by atoms with van der Waals surface area (Å²) >= 11 is 0. The predicted octanol–water partition coefficient (Wildman–Crippen LogP) is 0.747. The average Bonchev–Trinajstić information content (AvgIpc) is 2.84. The summed E-state index contributed by atoms with van der Waals surface area (Å²) < 4.78 is 0. The molecule has 2 radical (unpaired) electrons. The molecule has 70 valence electrons. The SMILES string of the molecule is [B]c1cnc2[nH]c(-c3cn[nH]c3)cc2c1. The summed E-state index contributed by atoms with van der Waals surface area (Å²) in [6, 6.07) is 3.89. The Hall–Kier alpha value is -2.04. The van der Waals surface area contributed by atoms with Crippen LogP contribution in [0.15, 0.2) is 30.7 Å². The highest BCUT2D eigenvalue weighted by atomic mass is 15.1. The number of hydrogen-bond donors (Lipinski definition) is 2. The van der Waals surface area contributed by atoms with Gasteiger partial charge in [-0.05, 0) is 6.07 Å². The third-order valence-corrected chi connectivity index (χ3v) is 2.30. The molecule has 0 aromatic carbocycles. The molecule has 0 saturated heterocycles. The predicted molar refractivity (Wildman–Crippen MR) is 59.1 cm³/mol. The maximum absolute atomic E-state index is 5.66. The lowest BCUT2D eigenvalue weighted by atomic mass is 9.98. The van der Waals surface area contributed by atoms with Crippen LogP contribution in [0.2, 0.25) is 0 Å². The second kappa shape index (κ2) is 2.98. The van der Waals surface area contributed by atoms with Gasteiger partial charge < -0.3 is 4.98 Å². The smallest absolute Gasteiger partial charge is 0.137 e. The molecule has 4 nitrogen and oxygen atoms in total. The second-order valence-electron chi connectivity index (χ2n) is 3.38. The van der Waals surface area contributed by atoms with Crippen molar-refractivity contribution in [1.29, 1.82) is 0 Å². The molecule has 0 aliphatic carbocycles. The van der Waals surface area contributed by atoms with Crippen molar-refractivity contribution in [3.63, 3.8) is 0 Å². The molecular weight excluding hydrogens is 187 g/mol. The van der Waals surface area contributed by atoms with E-state index < -0.39 is 0 Å². The molecule has 0 aliphatic rings. The van der Waals surface area contributed by atoms with Gasteiger partial charge in [0, 0.05) is 23.3 Å². The van der Waals surface area contributed by atoms with Crippen LogP contribution in [0.3, 0.4) is 0 Å². The van der Waals surface area contributed by atoms with Crippen LogP contribution >= 0.6 is 0 Å². The fourth-order valence-electron chi connectivity index (χ4n) is 1.59. The van der Waals surface area contributed by atoms with E-state index in [4.69, 9.17) is 7.85 Å². The Morgan fingerprint density at radius 3 is 2.93 bits per heavy atom. The summed E-state index contributed by atoms with van der Waals surface area (Å²) in [6.45, 7) is 0. The minimum atomic E-state index is 0.667. The van der Waals surface area contributed by atoms with Crippen molar-refractivity contribution >= 4 is 24.3 Å². The number of fused-ring (bicyclic) bond motifs is 1. The molecule has 0 unspecified atom stereocenters. The largest absolute Gasteiger partial charge is 0.339 e. The van der Waals surface area contributed by atoms with Gasteiger partial charge in [-0.25, -0.2) is 4.98 Å². The van der Waals surface area contributed by atoms with Gasteiger partial charge in [0.25, 0.3) is 0 Å². The van der Waals surface area contributed by atoms with Gasteiger partial charge in [-0.2, -0.15) is 5.10 Å². The highest BCUT2D eigenvalue weighted by Gasteiger charge is 2.04. The lowest BCUT2D eigenvalue weighted by Gasteiger charge is -1.90. The molecule has 2 N–H and O–H groups in total. The van der Waals surface area contributed by atoms with Crippen molar-refractivity contribution in [2.75, 3.05) is 0 Å². The van der Waals surface area contributed by atoms with Crippen LogP contribution in [0.25, 0.3) is 22.3 Å². The minimum Gasteiger partial charge on any atom is -0.339 e. The van der Waals surface area contributed by atoms with Crippen LogP contribution in [0.4, 0.5) is 0 Å². The zero-order valence-electron chi connectivity index (χ0n) is 7.86. The summed E-state index contributed by atoms with van der Waals surface area (Å²) in [4.78, 5) is 7.40. The lowest BCUT2D eigenvalue weighted by molar-refractivity contribution is 1.09. The number of nitrogens with one attached hydrogen (secondary N) is 2. The van der Waals surface area contributed by atoms with E-state index in [9.17, 15) is 0 Å². The second-order valence-corrected chi connectivity index (χ2v) is 3.38. The zero-order valence-corrected chi connectivity index (χ0v) is 7.86. The highest BCUT2D eigenvalue weighted by molar-refractivity contribution is 6.32.